The van der Waals surface area contributed by atoms with Gasteiger partial charge in [0, 0.05) is 42.0 Å². The summed E-state index contributed by atoms with van der Waals surface area (Å²) in [5, 5.41) is 0.923. The number of aromatic nitrogens is 2. The molecule has 2 aliphatic heterocycles. The van der Waals surface area contributed by atoms with Crippen LogP contribution in [0.3, 0.4) is 0 Å². The Morgan fingerprint density at radius 3 is 2.70 bits per heavy atom. The molecule has 0 unspecified atom stereocenters. The third-order valence-corrected chi connectivity index (χ3v) is 7.81. The number of thioether (sulfide) groups is 1. The zero-order chi connectivity index (χ0) is 23.4. The molecule has 33 heavy (non-hydrogen) atoms. The summed E-state index contributed by atoms with van der Waals surface area (Å²) in [6, 6.07) is 10.6. The Balaban J connectivity index is 1.38. The lowest BCUT2D eigenvalue weighted by molar-refractivity contribution is -0.170. The highest BCUT2D eigenvalue weighted by Gasteiger charge is 2.44. The topological polar surface area (TPSA) is 84.3 Å². The van der Waals surface area contributed by atoms with E-state index in [-0.39, 0.29) is 23.5 Å². The lowest BCUT2D eigenvalue weighted by Crippen LogP contribution is -2.40. The highest BCUT2D eigenvalue weighted by atomic mass is 32.2. The van der Waals surface area contributed by atoms with Gasteiger partial charge in [0.1, 0.15) is 0 Å². The first kappa shape index (κ1) is 21.8. The maximum absolute atomic E-state index is 12.9. The summed E-state index contributed by atoms with van der Waals surface area (Å²) in [5.41, 5.74) is 2.28. The minimum Gasteiger partial charge on any atom is -0.325 e. The third-order valence-electron chi connectivity index (χ3n) is 5.46. The van der Waals surface area contributed by atoms with Gasteiger partial charge in [0.25, 0.3) is 10.0 Å². The smallest absolute Gasteiger partial charge is 0.325 e. The van der Waals surface area contributed by atoms with Crippen molar-refractivity contribution in [2.75, 3.05) is 21.9 Å². The summed E-state index contributed by atoms with van der Waals surface area (Å²) in [7, 11) is -4.00. The van der Waals surface area contributed by atoms with Crippen molar-refractivity contribution in [2.24, 2.45) is 0 Å². The molecule has 2 aliphatic rings. The van der Waals surface area contributed by atoms with Crippen LogP contribution in [0.25, 0.3) is 11.3 Å². The summed E-state index contributed by atoms with van der Waals surface area (Å²) >= 11 is 1.66. The van der Waals surface area contributed by atoms with Crippen LogP contribution in [0.1, 0.15) is 5.56 Å². The van der Waals surface area contributed by atoms with E-state index in [4.69, 9.17) is 0 Å². The number of amides is 1. The molecule has 0 bridgehead atoms. The maximum atomic E-state index is 12.9. The summed E-state index contributed by atoms with van der Waals surface area (Å²) in [6.45, 7) is 0.725. The fourth-order valence-electron chi connectivity index (χ4n) is 3.91. The second-order valence-electron chi connectivity index (χ2n) is 7.63. The maximum Gasteiger partial charge on any atom is 0.471 e. The summed E-state index contributed by atoms with van der Waals surface area (Å²) in [6.07, 6.45) is -2.93. The Labute approximate surface area is 191 Å². The van der Waals surface area contributed by atoms with Crippen LogP contribution in [-0.4, -0.2) is 42.3 Å². The number of benzene rings is 2. The lowest BCUT2D eigenvalue weighted by atomic mass is 10.1. The summed E-state index contributed by atoms with van der Waals surface area (Å²) < 4.78 is 68.9. The summed E-state index contributed by atoms with van der Waals surface area (Å²) in [4.78, 5) is 16.7. The zero-order valence-corrected chi connectivity index (χ0v) is 18.6. The van der Waals surface area contributed by atoms with Crippen LogP contribution in [0.4, 0.5) is 24.5 Å². The number of fused-ring (bicyclic) bond motifs is 2. The van der Waals surface area contributed by atoms with E-state index in [0.29, 0.717) is 16.2 Å². The number of imidazole rings is 1. The number of carbonyl (C=O) groups is 1. The number of alkyl halides is 3. The van der Waals surface area contributed by atoms with Crippen molar-refractivity contribution in [3.05, 3.63) is 54.2 Å². The Morgan fingerprint density at radius 2 is 1.94 bits per heavy atom. The first-order chi connectivity index (χ1) is 15.6. The second-order valence-corrected chi connectivity index (χ2v) is 10.4. The molecule has 172 valence electrons. The van der Waals surface area contributed by atoms with E-state index >= 15 is 0 Å². The van der Waals surface area contributed by atoms with Crippen molar-refractivity contribution in [2.45, 2.75) is 29.2 Å². The number of carbonyl (C=O) groups excluding carboxylic acids is 1. The van der Waals surface area contributed by atoms with Gasteiger partial charge in [0.2, 0.25) is 0 Å². The third kappa shape index (κ3) is 4.08. The van der Waals surface area contributed by atoms with Gasteiger partial charge in [-0.05, 0) is 42.3 Å². The molecule has 0 fully saturated rings. The molecule has 0 radical (unpaired) electrons. The van der Waals surface area contributed by atoms with Crippen LogP contribution in [0, 0.1) is 0 Å². The van der Waals surface area contributed by atoms with Crippen LogP contribution in [0.2, 0.25) is 0 Å². The van der Waals surface area contributed by atoms with E-state index in [2.05, 4.69) is 9.71 Å². The lowest BCUT2D eigenvalue weighted by Gasteiger charge is -2.19. The van der Waals surface area contributed by atoms with Gasteiger partial charge in [-0.2, -0.15) is 13.2 Å². The quantitative estimate of drug-likeness (QED) is 0.595. The highest BCUT2D eigenvalue weighted by Crippen LogP contribution is 2.34. The number of anilines is 2. The van der Waals surface area contributed by atoms with Gasteiger partial charge in [0.15, 0.2) is 5.16 Å². The molecule has 0 aliphatic carbocycles. The first-order valence-electron chi connectivity index (χ1n) is 9.97. The van der Waals surface area contributed by atoms with Gasteiger partial charge in [-0.15, -0.1) is 0 Å². The molecule has 0 saturated carbocycles. The Hall–Kier alpha value is -2.99. The van der Waals surface area contributed by atoms with Crippen molar-refractivity contribution in [3.8, 4) is 11.3 Å². The van der Waals surface area contributed by atoms with Crippen molar-refractivity contribution >= 4 is 39.1 Å². The SMILES string of the molecule is O=C(N1CCc2cc(S(=O)(=O)Nc3cccc(-c4cn5c(n4)SCC5)c3)ccc21)C(F)(F)F. The molecule has 12 heteroatoms. The van der Waals surface area contributed by atoms with Gasteiger partial charge in [0.05, 0.1) is 10.6 Å². The molecule has 2 aromatic carbocycles. The molecule has 3 heterocycles. The van der Waals surface area contributed by atoms with Gasteiger partial charge < -0.3 is 9.47 Å². The van der Waals surface area contributed by atoms with E-state index in [0.717, 1.165) is 28.7 Å². The van der Waals surface area contributed by atoms with E-state index in [1.165, 1.54) is 18.2 Å². The first-order valence-corrected chi connectivity index (χ1v) is 12.4. The Kier molecular flexibility index (Phi) is 5.16. The zero-order valence-electron chi connectivity index (χ0n) is 17.0. The average molecular weight is 495 g/mol. The van der Waals surface area contributed by atoms with Crippen LogP contribution >= 0.6 is 11.8 Å². The van der Waals surface area contributed by atoms with Gasteiger partial charge >= 0.3 is 12.1 Å². The van der Waals surface area contributed by atoms with Crippen molar-refractivity contribution in [1.82, 2.24) is 9.55 Å². The largest absolute Gasteiger partial charge is 0.471 e. The van der Waals surface area contributed by atoms with E-state index in [1.54, 1.807) is 30.0 Å². The molecule has 0 spiro atoms. The number of aryl methyl sites for hydroxylation is 1. The number of sulfonamides is 1. The molecule has 3 aromatic rings. The molecule has 0 atom stereocenters. The predicted molar refractivity (Wildman–Crippen MR) is 118 cm³/mol. The van der Waals surface area contributed by atoms with Crippen molar-refractivity contribution in [3.63, 3.8) is 0 Å². The molecule has 1 aromatic heterocycles. The molecule has 5 rings (SSSR count). The van der Waals surface area contributed by atoms with Crippen molar-refractivity contribution in [1.29, 1.82) is 0 Å². The van der Waals surface area contributed by atoms with Gasteiger partial charge in [-0.3, -0.25) is 9.52 Å². The highest BCUT2D eigenvalue weighted by molar-refractivity contribution is 7.99. The Morgan fingerprint density at radius 1 is 1.12 bits per heavy atom. The fraction of sp³-hybridized carbons (Fsp3) is 0.238. The minimum absolute atomic E-state index is 0.0731. The van der Waals surface area contributed by atoms with Crippen LogP contribution in [-0.2, 0) is 27.8 Å². The summed E-state index contributed by atoms with van der Waals surface area (Å²) in [5.74, 6) is -0.985. The van der Waals surface area contributed by atoms with Gasteiger partial charge in [-0.25, -0.2) is 13.4 Å². The molecular formula is C21H17F3N4O3S2. The van der Waals surface area contributed by atoms with E-state index in [9.17, 15) is 26.4 Å². The minimum atomic E-state index is -4.99. The van der Waals surface area contributed by atoms with Crippen LogP contribution in [0.5, 0.6) is 0 Å². The molecule has 0 saturated heterocycles. The van der Waals surface area contributed by atoms with Crippen molar-refractivity contribution < 1.29 is 26.4 Å². The van der Waals surface area contributed by atoms with Gasteiger partial charge in [-0.1, -0.05) is 23.9 Å². The molecular weight excluding hydrogens is 477 g/mol. The second kappa shape index (κ2) is 7.80. The molecule has 1 N–H and O–H groups in total. The Bertz CT molecular complexity index is 1350. The predicted octanol–water partition coefficient (Wildman–Crippen LogP) is 3.91. The monoisotopic (exact) mass is 494 g/mol. The van der Waals surface area contributed by atoms with Crippen LogP contribution in [0.15, 0.2) is 58.7 Å². The number of hydrogen-bond acceptors (Lipinski definition) is 5. The standard InChI is InChI=1S/C21H17F3N4O3S2/c22-21(23,24)19(29)28-7-6-14-11-16(4-5-18(14)28)33(30,31)26-15-3-1-2-13(10-15)17-12-27-8-9-32-20(27)25-17/h1-5,10-12,26H,6-9H2. The number of halogens is 3. The fourth-order valence-corrected chi connectivity index (χ4v) is 5.96. The number of nitrogens with zero attached hydrogens (tertiary/aromatic N) is 3. The number of hydrogen-bond donors (Lipinski definition) is 1. The average Bonchev–Trinajstić information content (AvgIpc) is 3.46. The number of rotatable bonds is 4. The molecule has 7 nitrogen and oxygen atoms in total. The van der Waals surface area contributed by atoms with Crippen LogP contribution < -0.4 is 9.62 Å². The van der Waals surface area contributed by atoms with E-state index in [1.807, 2.05) is 16.8 Å². The number of nitrogens with one attached hydrogen (secondary N) is 1. The molecule has 1 amide bonds. The van der Waals surface area contributed by atoms with E-state index < -0.39 is 22.1 Å². The normalized spacial score (nSPS) is 15.4.